The van der Waals surface area contributed by atoms with E-state index >= 15 is 0 Å². The van der Waals surface area contributed by atoms with E-state index in [1.165, 1.54) is 11.8 Å². The lowest BCUT2D eigenvalue weighted by Gasteiger charge is -2.27. The Labute approximate surface area is 71.7 Å². The largest absolute Gasteiger partial charge is 0.381 e. The van der Waals surface area contributed by atoms with Gasteiger partial charge >= 0.3 is 0 Å². The van der Waals surface area contributed by atoms with Crippen molar-refractivity contribution < 1.29 is 9.53 Å². The van der Waals surface area contributed by atoms with Crippen molar-refractivity contribution >= 4 is 16.9 Å². The van der Waals surface area contributed by atoms with E-state index in [9.17, 15) is 4.79 Å². The molecule has 0 aromatic rings. The van der Waals surface area contributed by atoms with Crippen molar-refractivity contribution in [2.24, 2.45) is 5.92 Å². The van der Waals surface area contributed by atoms with Crippen molar-refractivity contribution in [1.29, 1.82) is 0 Å². The van der Waals surface area contributed by atoms with Crippen LogP contribution in [0.2, 0.25) is 0 Å². The van der Waals surface area contributed by atoms with Gasteiger partial charge in [-0.2, -0.15) is 0 Å². The van der Waals surface area contributed by atoms with Crippen LogP contribution in [-0.4, -0.2) is 23.6 Å². The fraction of sp³-hybridized carbons (Fsp3) is 0.875. The molecule has 2 atom stereocenters. The number of hydrogen-bond donors (Lipinski definition) is 0. The summed E-state index contributed by atoms with van der Waals surface area (Å²) in [7, 11) is 0. The summed E-state index contributed by atoms with van der Waals surface area (Å²) in [6.45, 7) is 5.40. The Morgan fingerprint density at radius 1 is 1.64 bits per heavy atom. The van der Waals surface area contributed by atoms with E-state index in [1.54, 1.807) is 6.92 Å². The molecule has 1 saturated heterocycles. The Hall–Kier alpha value is -0.0200. The molecule has 0 N–H and O–H groups in total. The Kier molecular flexibility index (Phi) is 3.40. The lowest BCUT2D eigenvalue weighted by molar-refractivity contribution is -0.109. The van der Waals surface area contributed by atoms with Gasteiger partial charge in [0.15, 0.2) is 5.12 Å². The van der Waals surface area contributed by atoms with Crippen molar-refractivity contribution in [3.05, 3.63) is 0 Å². The smallest absolute Gasteiger partial charge is 0.186 e. The van der Waals surface area contributed by atoms with Crippen molar-refractivity contribution in [3.8, 4) is 0 Å². The molecule has 1 aliphatic rings. The van der Waals surface area contributed by atoms with Crippen LogP contribution < -0.4 is 0 Å². The first-order valence-electron chi connectivity index (χ1n) is 3.95. The van der Waals surface area contributed by atoms with Gasteiger partial charge in [-0.15, -0.1) is 0 Å². The van der Waals surface area contributed by atoms with Gasteiger partial charge in [0.25, 0.3) is 0 Å². The number of thioether (sulfide) groups is 1. The van der Waals surface area contributed by atoms with Crippen LogP contribution >= 0.6 is 11.8 Å². The van der Waals surface area contributed by atoms with Crippen LogP contribution in [0, 0.1) is 5.92 Å². The Balaban J connectivity index is 2.35. The first-order valence-corrected chi connectivity index (χ1v) is 4.83. The Morgan fingerprint density at radius 2 is 2.36 bits per heavy atom. The molecule has 0 spiro atoms. The maximum absolute atomic E-state index is 10.8. The van der Waals surface area contributed by atoms with Crippen LogP contribution in [0.25, 0.3) is 0 Å². The third-order valence-corrected chi connectivity index (χ3v) is 3.21. The molecule has 0 bridgehead atoms. The molecule has 1 fully saturated rings. The zero-order valence-electron chi connectivity index (χ0n) is 7.00. The van der Waals surface area contributed by atoms with Crippen molar-refractivity contribution in [1.82, 2.24) is 0 Å². The fourth-order valence-electron chi connectivity index (χ4n) is 1.25. The van der Waals surface area contributed by atoms with Gasteiger partial charge in [0.1, 0.15) is 0 Å². The third kappa shape index (κ3) is 2.83. The Morgan fingerprint density at radius 3 is 2.91 bits per heavy atom. The summed E-state index contributed by atoms with van der Waals surface area (Å²) >= 11 is 1.46. The van der Waals surface area contributed by atoms with E-state index in [4.69, 9.17) is 4.74 Å². The summed E-state index contributed by atoms with van der Waals surface area (Å²) in [6.07, 6.45) is 1.02. The lowest BCUT2D eigenvalue weighted by Crippen LogP contribution is -2.28. The normalized spacial score (nSPS) is 31.8. The molecule has 0 amide bonds. The maximum Gasteiger partial charge on any atom is 0.186 e. The molecule has 3 heteroatoms. The van der Waals surface area contributed by atoms with Gasteiger partial charge < -0.3 is 4.74 Å². The highest BCUT2D eigenvalue weighted by Gasteiger charge is 2.23. The van der Waals surface area contributed by atoms with Crippen LogP contribution in [0.5, 0.6) is 0 Å². The second-order valence-corrected chi connectivity index (χ2v) is 4.40. The molecular weight excluding hydrogens is 160 g/mol. The molecule has 1 aliphatic heterocycles. The van der Waals surface area contributed by atoms with E-state index in [2.05, 4.69) is 6.92 Å². The molecule has 0 aromatic heterocycles. The molecule has 1 rings (SSSR count). The average molecular weight is 174 g/mol. The van der Waals surface area contributed by atoms with E-state index in [-0.39, 0.29) is 5.12 Å². The quantitative estimate of drug-likeness (QED) is 0.605. The molecule has 0 unspecified atom stereocenters. The summed E-state index contributed by atoms with van der Waals surface area (Å²) in [6, 6.07) is 0. The predicted octanol–water partition coefficient (Wildman–Crippen LogP) is 1.69. The zero-order chi connectivity index (χ0) is 8.27. The molecule has 2 nitrogen and oxygen atoms in total. The molecule has 0 radical (unpaired) electrons. The number of rotatable bonds is 1. The van der Waals surface area contributed by atoms with Gasteiger partial charge in [0.2, 0.25) is 0 Å². The van der Waals surface area contributed by atoms with Crippen molar-refractivity contribution in [3.63, 3.8) is 0 Å². The lowest BCUT2D eigenvalue weighted by atomic mass is 10.0. The summed E-state index contributed by atoms with van der Waals surface area (Å²) < 4.78 is 5.27. The predicted molar refractivity (Wildman–Crippen MR) is 46.7 cm³/mol. The second-order valence-electron chi connectivity index (χ2n) is 2.99. The SMILES string of the molecule is CC(=O)S[C@@H]1CCOC[C@H]1C. The van der Waals surface area contributed by atoms with E-state index in [0.29, 0.717) is 11.2 Å². The summed E-state index contributed by atoms with van der Waals surface area (Å²) in [5.74, 6) is 0.526. The van der Waals surface area contributed by atoms with Gasteiger partial charge in [-0.1, -0.05) is 18.7 Å². The van der Waals surface area contributed by atoms with Crippen LogP contribution in [-0.2, 0) is 9.53 Å². The monoisotopic (exact) mass is 174 g/mol. The highest BCUT2D eigenvalue weighted by atomic mass is 32.2. The summed E-state index contributed by atoms with van der Waals surface area (Å²) in [4.78, 5) is 10.8. The van der Waals surface area contributed by atoms with Gasteiger partial charge in [-0.3, -0.25) is 4.79 Å². The fourth-order valence-corrected chi connectivity index (χ4v) is 2.20. The average Bonchev–Trinajstić information content (AvgIpc) is 1.93. The zero-order valence-corrected chi connectivity index (χ0v) is 7.82. The summed E-state index contributed by atoms with van der Waals surface area (Å²) in [5, 5.41) is 0.713. The first kappa shape index (κ1) is 9.07. The number of carbonyl (C=O) groups excluding carboxylic acids is 1. The highest BCUT2D eigenvalue weighted by Crippen LogP contribution is 2.26. The van der Waals surface area contributed by atoms with E-state index in [1.807, 2.05) is 0 Å². The van der Waals surface area contributed by atoms with Crippen LogP contribution in [0.3, 0.4) is 0 Å². The molecule has 0 aliphatic carbocycles. The summed E-state index contributed by atoms with van der Waals surface area (Å²) in [5.41, 5.74) is 0. The van der Waals surface area contributed by atoms with Crippen LogP contribution in [0.15, 0.2) is 0 Å². The van der Waals surface area contributed by atoms with Gasteiger partial charge in [-0.05, 0) is 12.3 Å². The highest BCUT2D eigenvalue weighted by molar-refractivity contribution is 8.14. The molecule has 0 saturated carbocycles. The van der Waals surface area contributed by atoms with Crippen molar-refractivity contribution in [2.75, 3.05) is 13.2 Å². The molecular formula is C8H14O2S. The van der Waals surface area contributed by atoms with Gasteiger partial charge in [0, 0.05) is 18.8 Å². The van der Waals surface area contributed by atoms with Crippen LogP contribution in [0.1, 0.15) is 20.3 Å². The first-order chi connectivity index (χ1) is 5.20. The minimum absolute atomic E-state index is 0.226. The maximum atomic E-state index is 10.8. The minimum Gasteiger partial charge on any atom is -0.381 e. The van der Waals surface area contributed by atoms with Crippen molar-refractivity contribution in [2.45, 2.75) is 25.5 Å². The van der Waals surface area contributed by atoms with Gasteiger partial charge in [0.05, 0.1) is 6.61 Å². The van der Waals surface area contributed by atoms with Crippen LogP contribution in [0.4, 0.5) is 0 Å². The number of ether oxygens (including phenoxy) is 1. The number of hydrogen-bond acceptors (Lipinski definition) is 3. The van der Waals surface area contributed by atoms with Gasteiger partial charge in [-0.25, -0.2) is 0 Å². The Bertz CT molecular complexity index is 147. The third-order valence-electron chi connectivity index (χ3n) is 1.88. The number of carbonyl (C=O) groups is 1. The minimum atomic E-state index is 0.226. The van der Waals surface area contributed by atoms with E-state index in [0.717, 1.165) is 19.6 Å². The molecule has 64 valence electrons. The second kappa shape index (κ2) is 4.12. The topological polar surface area (TPSA) is 26.3 Å². The molecule has 0 aromatic carbocycles. The molecule has 11 heavy (non-hydrogen) atoms. The standard InChI is InChI=1S/C8H14O2S/c1-6-5-10-4-3-8(6)11-7(2)9/h6,8H,3-5H2,1-2H3/t6-,8-/m1/s1. The molecule has 1 heterocycles. The van der Waals surface area contributed by atoms with E-state index < -0.39 is 0 Å².